The number of rotatable bonds is 4. The zero-order valence-corrected chi connectivity index (χ0v) is 17.5. The Morgan fingerprint density at radius 3 is 2.38 bits per heavy atom. The summed E-state index contributed by atoms with van der Waals surface area (Å²) in [6.07, 6.45) is 0.382. The molecular formula is C22H15F3N6O3. The van der Waals surface area contributed by atoms with E-state index in [1.165, 1.54) is 48.6 Å². The Hall–Kier alpha value is -4.61. The van der Waals surface area contributed by atoms with Gasteiger partial charge < -0.3 is 4.84 Å². The van der Waals surface area contributed by atoms with Crippen LogP contribution in [0.1, 0.15) is 10.5 Å². The average Bonchev–Trinajstić information content (AvgIpc) is 3.23. The van der Waals surface area contributed by atoms with Crippen LogP contribution in [0.5, 0.6) is 0 Å². The second-order valence-corrected chi connectivity index (χ2v) is 6.87. The van der Waals surface area contributed by atoms with E-state index in [2.05, 4.69) is 24.9 Å². The maximum atomic E-state index is 13.3. The fraction of sp³-hybridized carbons (Fsp3) is 0.0909. The van der Waals surface area contributed by atoms with Crippen LogP contribution < -0.4 is 5.06 Å². The van der Waals surface area contributed by atoms with Crippen molar-refractivity contribution in [1.82, 2.24) is 24.7 Å². The first-order chi connectivity index (χ1) is 16.2. The molecule has 0 radical (unpaired) electrons. The Balaban J connectivity index is 1.80. The zero-order chi connectivity index (χ0) is 24.3. The highest BCUT2D eigenvalue weighted by molar-refractivity contribution is 6.06. The van der Waals surface area contributed by atoms with Crippen molar-refractivity contribution in [2.75, 3.05) is 5.06 Å². The van der Waals surface area contributed by atoms with Gasteiger partial charge in [-0.15, -0.1) is 5.06 Å². The first-order valence-electron chi connectivity index (χ1n) is 9.70. The van der Waals surface area contributed by atoms with Gasteiger partial charge in [0.25, 0.3) is 0 Å². The molecule has 0 saturated heterocycles. The zero-order valence-electron chi connectivity index (χ0n) is 17.5. The van der Waals surface area contributed by atoms with E-state index in [1.807, 2.05) is 0 Å². The lowest BCUT2D eigenvalue weighted by Crippen LogP contribution is -2.39. The van der Waals surface area contributed by atoms with Gasteiger partial charge in [-0.1, -0.05) is 12.1 Å². The Kier molecular flexibility index (Phi) is 6.04. The maximum absolute atomic E-state index is 13.3. The molecule has 172 valence electrons. The van der Waals surface area contributed by atoms with Crippen LogP contribution in [0.4, 0.5) is 18.9 Å². The summed E-state index contributed by atoms with van der Waals surface area (Å²) in [6, 6.07) is 12.5. The largest absolute Gasteiger partial charge is 0.493 e. The lowest BCUT2D eigenvalue weighted by molar-refractivity contribution is -0.199. The summed E-state index contributed by atoms with van der Waals surface area (Å²) >= 11 is 0. The van der Waals surface area contributed by atoms with Crippen LogP contribution in [0.3, 0.4) is 0 Å². The Morgan fingerprint density at radius 1 is 0.971 bits per heavy atom. The number of amides is 1. The molecule has 0 aliphatic carbocycles. The summed E-state index contributed by atoms with van der Waals surface area (Å²) in [5, 5.41) is 4.40. The van der Waals surface area contributed by atoms with E-state index < -0.39 is 18.1 Å². The number of hydrogen-bond donors (Lipinski definition) is 0. The number of carbonyl (C=O) groups is 2. The minimum Gasteiger partial charge on any atom is -0.324 e. The molecule has 1 amide bonds. The van der Waals surface area contributed by atoms with Crippen LogP contribution in [0.15, 0.2) is 73.3 Å². The molecule has 0 fully saturated rings. The predicted molar refractivity (Wildman–Crippen MR) is 113 cm³/mol. The van der Waals surface area contributed by atoms with Crippen molar-refractivity contribution in [2.45, 2.75) is 6.18 Å². The van der Waals surface area contributed by atoms with Gasteiger partial charge in [0.2, 0.25) is 0 Å². The fourth-order valence-electron chi connectivity index (χ4n) is 2.99. The van der Waals surface area contributed by atoms with E-state index in [9.17, 15) is 22.8 Å². The fourth-order valence-corrected chi connectivity index (χ4v) is 2.99. The Labute approximate surface area is 190 Å². The van der Waals surface area contributed by atoms with Crippen LogP contribution >= 0.6 is 0 Å². The summed E-state index contributed by atoms with van der Waals surface area (Å²) in [5.41, 5.74) is 0.778. The van der Waals surface area contributed by atoms with E-state index >= 15 is 0 Å². The van der Waals surface area contributed by atoms with Crippen LogP contribution in [0, 0.1) is 0 Å². The number of nitrogens with zero attached hydrogens (tertiary/aromatic N) is 6. The first kappa shape index (κ1) is 22.6. The topological polar surface area (TPSA) is 103 Å². The molecule has 0 unspecified atom stereocenters. The number of hydrogen-bond acceptors (Lipinski definition) is 7. The van der Waals surface area contributed by atoms with Crippen molar-refractivity contribution in [3.05, 3.63) is 79.0 Å². The highest BCUT2D eigenvalue weighted by Gasteiger charge is 2.44. The van der Waals surface area contributed by atoms with Crippen molar-refractivity contribution in [1.29, 1.82) is 0 Å². The standard InChI is InChI=1S/C22H15F3N6O3/c1-30-13-18(19(29-30)16-5-2-3-10-27-16)31(34-21(33)22(23,24)25)20(32)17-7-4-6-15(28-17)14-8-11-26-12-9-14/h2-13H,1H3. The SMILES string of the molecule is Cn1cc(N(OC(=O)C(F)(F)F)C(=O)c2cccc(-c3ccncc3)n2)c(-c2ccccn2)n1. The summed E-state index contributed by atoms with van der Waals surface area (Å²) in [5.74, 6) is -3.69. The van der Waals surface area contributed by atoms with Gasteiger partial charge >= 0.3 is 18.1 Å². The van der Waals surface area contributed by atoms with Crippen molar-refractivity contribution < 1.29 is 27.6 Å². The summed E-state index contributed by atoms with van der Waals surface area (Å²) in [6.45, 7) is 0. The van der Waals surface area contributed by atoms with E-state index in [-0.39, 0.29) is 27.8 Å². The molecule has 4 rings (SSSR count). The number of halogens is 3. The highest BCUT2D eigenvalue weighted by atomic mass is 19.4. The van der Waals surface area contributed by atoms with Gasteiger partial charge in [0.1, 0.15) is 17.1 Å². The minimum absolute atomic E-state index is 0.0247. The minimum atomic E-state index is -5.35. The van der Waals surface area contributed by atoms with Gasteiger partial charge in [-0.2, -0.15) is 18.3 Å². The second kappa shape index (κ2) is 9.10. The molecule has 0 spiro atoms. The van der Waals surface area contributed by atoms with Gasteiger partial charge in [-0.25, -0.2) is 9.78 Å². The third-order valence-electron chi connectivity index (χ3n) is 4.47. The van der Waals surface area contributed by atoms with E-state index in [4.69, 9.17) is 0 Å². The van der Waals surface area contributed by atoms with Gasteiger partial charge in [-0.05, 0) is 36.4 Å². The van der Waals surface area contributed by atoms with Crippen molar-refractivity contribution in [3.8, 4) is 22.6 Å². The average molecular weight is 468 g/mol. The molecule has 0 aliphatic rings. The summed E-state index contributed by atoms with van der Waals surface area (Å²) in [7, 11) is 1.49. The van der Waals surface area contributed by atoms with E-state index in [1.54, 1.807) is 36.4 Å². The van der Waals surface area contributed by atoms with Crippen molar-refractivity contribution >= 4 is 17.6 Å². The number of alkyl halides is 3. The number of anilines is 1. The molecule has 0 N–H and O–H groups in total. The molecule has 0 aromatic carbocycles. The highest BCUT2D eigenvalue weighted by Crippen LogP contribution is 2.31. The second-order valence-electron chi connectivity index (χ2n) is 6.87. The van der Waals surface area contributed by atoms with Crippen molar-refractivity contribution in [3.63, 3.8) is 0 Å². The third kappa shape index (κ3) is 4.75. The molecule has 12 heteroatoms. The van der Waals surface area contributed by atoms with Crippen molar-refractivity contribution in [2.24, 2.45) is 7.05 Å². The van der Waals surface area contributed by atoms with E-state index in [0.29, 0.717) is 11.3 Å². The lowest BCUT2D eigenvalue weighted by Gasteiger charge is -2.21. The van der Waals surface area contributed by atoms with E-state index in [0.717, 1.165) is 0 Å². The predicted octanol–water partition coefficient (Wildman–Crippen LogP) is 3.61. The van der Waals surface area contributed by atoms with Crippen LogP contribution in [0.25, 0.3) is 22.6 Å². The van der Waals surface area contributed by atoms with Crippen LogP contribution in [-0.4, -0.2) is 42.8 Å². The molecule has 0 saturated carbocycles. The molecule has 4 aromatic heterocycles. The normalized spacial score (nSPS) is 11.2. The van der Waals surface area contributed by atoms with Crippen LogP contribution in [-0.2, 0) is 16.7 Å². The number of hydroxylamine groups is 1. The first-order valence-corrected chi connectivity index (χ1v) is 9.70. The number of carbonyl (C=O) groups excluding carboxylic acids is 2. The molecule has 34 heavy (non-hydrogen) atoms. The molecule has 9 nitrogen and oxygen atoms in total. The Bertz CT molecular complexity index is 1330. The van der Waals surface area contributed by atoms with Crippen LogP contribution in [0.2, 0.25) is 0 Å². The number of pyridine rings is 3. The molecule has 0 bridgehead atoms. The summed E-state index contributed by atoms with van der Waals surface area (Å²) in [4.78, 5) is 41.8. The maximum Gasteiger partial charge on any atom is 0.493 e. The smallest absolute Gasteiger partial charge is 0.324 e. The molecule has 4 aromatic rings. The molecule has 0 aliphatic heterocycles. The van der Waals surface area contributed by atoms with Gasteiger partial charge in [0.05, 0.1) is 17.6 Å². The van der Waals surface area contributed by atoms with Gasteiger partial charge in [-0.3, -0.25) is 19.4 Å². The molecular weight excluding hydrogens is 453 g/mol. The summed E-state index contributed by atoms with van der Waals surface area (Å²) < 4.78 is 40.4. The van der Waals surface area contributed by atoms with Gasteiger partial charge in [0, 0.05) is 31.2 Å². The molecule has 0 atom stereocenters. The quantitative estimate of drug-likeness (QED) is 0.422. The lowest BCUT2D eigenvalue weighted by atomic mass is 10.1. The number of aromatic nitrogens is 5. The van der Waals surface area contributed by atoms with Gasteiger partial charge in [0.15, 0.2) is 0 Å². The monoisotopic (exact) mass is 468 g/mol. The third-order valence-corrected chi connectivity index (χ3v) is 4.47. The molecule has 4 heterocycles. The Morgan fingerprint density at radius 2 is 1.71 bits per heavy atom. The number of aryl methyl sites for hydroxylation is 1.